The molecule has 0 radical (unpaired) electrons. The fraction of sp³-hybridized carbons (Fsp3) is 0.714. The number of esters is 1. The van der Waals surface area contributed by atoms with Gasteiger partial charge in [-0.05, 0) is 26.3 Å². The summed E-state index contributed by atoms with van der Waals surface area (Å²) in [6.07, 6.45) is 3.66. The standard InChI is InChI=1S/C14H25N3O2/c1-11(2)8-15-9-12-16-6-7-17(12)10-14(3,4)13(18)19-5/h6-7,11,15H,8-10H2,1-5H3. The minimum absolute atomic E-state index is 0.206. The Labute approximate surface area is 115 Å². The lowest BCUT2D eigenvalue weighted by atomic mass is 9.93. The largest absolute Gasteiger partial charge is 0.469 e. The smallest absolute Gasteiger partial charge is 0.313 e. The van der Waals surface area contributed by atoms with E-state index in [2.05, 4.69) is 24.1 Å². The van der Waals surface area contributed by atoms with Crippen molar-refractivity contribution in [2.45, 2.75) is 40.8 Å². The van der Waals surface area contributed by atoms with Crippen LogP contribution in [0.5, 0.6) is 0 Å². The molecule has 1 aromatic rings. The van der Waals surface area contributed by atoms with Gasteiger partial charge in [0, 0.05) is 18.9 Å². The predicted octanol–water partition coefficient (Wildman–Crippen LogP) is 1.83. The summed E-state index contributed by atoms with van der Waals surface area (Å²) >= 11 is 0. The zero-order chi connectivity index (χ0) is 14.5. The van der Waals surface area contributed by atoms with Gasteiger partial charge in [-0.2, -0.15) is 0 Å². The molecule has 1 N–H and O–H groups in total. The van der Waals surface area contributed by atoms with Gasteiger partial charge in [0.15, 0.2) is 0 Å². The lowest BCUT2D eigenvalue weighted by Crippen LogP contribution is -2.32. The van der Waals surface area contributed by atoms with E-state index in [9.17, 15) is 4.79 Å². The Balaban J connectivity index is 2.64. The van der Waals surface area contributed by atoms with Crippen LogP contribution < -0.4 is 5.32 Å². The summed E-state index contributed by atoms with van der Waals surface area (Å²) in [5.41, 5.74) is -0.553. The van der Waals surface area contributed by atoms with Gasteiger partial charge in [0.05, 0.1) is 19.1 Å². The van der Waals surface area contributed by atoms with Crippen LogP contribution in [0.2, 0.25) is 0 Å². The van der Waals surface area contributed by atoms with Crippen molar-refractivity contribution < 1.29 is 9.53 Å². The number of nitrogens with zero attached hydrogens (tertiary/aromatic N) is 2. The second kappa shape index (κ2) is 6.70. The maximum atomic E-state index is 11.7. The van der Waals surface area contributed by atoms with Crippen LogP contribution in [0.25, 0.3) is 0 Å². The first-order chi connectivity index (χ1) is 8.86. The zero-order valence-corrected chi connectivity index (χ0v) is 12.6. The fourth-order valence-electron chi connectivity index (χ4n) is 1.89. The summed E-state index contributed by atoms with van der Waals surface area (Å²) in [5.74, 6) is 1.34. The molecular formula is C14H25N3O2. The Kier molecular flexibility index (Phi) is 5.54. The Morgan fingerprint density at radius 2 is 2.21 bits per heavy atom. The topological polar surface area (TPSA) is 56.2 Å². The molecular weight excluding hydrogens is 242 g/mol. The Morgan fingerprint density at radius 1 is 1.53 bits per heavy atom. The highest BCUT2D eigenvalue weighted by Gasteiger charge is 2.29. The molecule has 0 unspecified atom stereocenters. The maximum absolute atomic E-state index is 11.7. The number of imidazole rings is 1. The average Bonchev–Trinajstić information content (AvgIpc) is 2.74. The number of methoxy groups -OCH3 is 1. The van der Waals surface area contributed by atoms with Crippen molar-refractivity contribution in [3.8, 4) is 0 Å². The van der Waals surface area contributed by atoms with E-state index in [0.29, 0.717) is 19.0 Å². The molecule has 0 bridgehead atoms. The molecule has 1 heterocycles. The van der Waals surface area contributed by atoms with Crippen LogP contribution in [-0.2, 0) is 22.6 Å². The number of carbonyl (C=O) groups is 1. The van der Waals surface area contributed by atoms with E-state index in [1.165, 1.54) is 7.11 Å². The van der Waals surface area contributed by atoms with Gasteiger partial charge in [0.25, 0.3) is 0 Å². The van der Waals surface area contributed by atoms with Gasteiger partial charge in [0.1, 0.15) is 5.82 Å². The summed E-state index contributed by atoms with van der Waals surface area (Å²) in [6, 6.07) is 0. The highest BCUT2D eigenvalue weighted by atomic mass is 16.5. The molecule has 0 aliphatic rings. The van der Waals surface area contributed by atoms with E-state index in [4.69, 9.17) is 4.74 Å². The summed E-state index contributed by atoms with van der Waals surface area (Å²) in [5, 5.41) is 3.36. The molecule has 0 aromatic carbocycles. The van der Waals surface area contributed by atoms with Crippen LogP contribution in [0.3, 0.4) is 0 Å². The molecule has 0 spiro atoms. The quantitative estimate of drug-likeness (QED) is 0.766. The fourth-order valence-corrected chi connectivity index (χ4v) is 1.89. The SMILES string of the molecule is COC(=O)C(C)(C)Cn1ccnc1CNCC(C)C. The molecule has 0 aliphatic carbocycles. The number of aromatic nitrogens is 2. The van der Waals surface area contributed by atoms with E-state index >= 15 is 0 Å². The third-order valence-corrected chi connectivity index (χ3v) is 2.94. The first-order valence-corrected chi connectivity index (χ1v) is 6.66. The normalized spacial score (nSPS) is 11.9. The van der Waals surface area contributed by atoms with Crippen molar-refractivity contribution in [3.05, 3.63) is 18.2 Å². The summed E-state index contributed by atoms with van der Waals surface area (Å²) in [7, 11) is 1.42. The maximum Gasteiger partial charge on any atom is 0.313 e. The minimum atomic E-state index is -0.553. The van der Waals surface area contributed by atoms with Crippen LogP contribution in [0, 0.1) is 11.3 Å². The molecule has 0 saturated carbocycles. The van der Waals surface area contributed by atoms with Crippen LogP contribution in [0.4, 0.5) is 0 Å². The van der Waals surface area contributed by atoms with E-state index in [1.807, 2.05) is 24.6 Å². The Hall–Kier alpha value is -1.36. The molecule has 5 nitrogen and oxygen atoms in total. The van der Waals surface area contributed by atoms with Crippen LogP contribution >= 0.6 is 0 Å². The van der Waals surface area contributed by atoms with E-state index in [1.54, 1.807) is 6.20 Å². The number of ether oxygens (including phenoxy) is 1. The van der Waals surface area contributed by atoms with Crippen molar-refractivity contribution in [2.24, 2.45) is 11.3 Å². The van der Waals surface area contributed by atoms with E-state index < -0.39 is 5.41 Å². The molecule has 1 aromatic heterocycles. The van der Waals surface area contributed by atoms with Crippen LogP contribution in [0.1, 0.15) is 33.5 Å². The van der Waals surface area contributed by atoms with Crippen molar-refractivity contribution in [2.75, 3.05) is 13.7 Å². The predicted molar refractivity (Wildman–Crippen MR) is 74.6 cm³/mol. The first-order valence-electron chi connectivity index (χ1n) is 6.66. The number of hydrogen-bond donors (Lipinski definition) is 1. The highest BCUT2D eigenvalue weighted by Crippen LogP contribution is 2.20. The third kappa shape index (κ3) is 4.67. The van der Waals surface area contributed by atoms with Gasteiger partial charge in [-0.25, -0.2) is 4.98 Å². The van der Waals surface area contributed by atoms with Crippen molar-refractivity contribution in [1.82, 2.24) is 14.9 Å². The van der Waals surface area contributed by atoms with E-state index in [-0.39, 0.29) is 5.97 Å². The second-order valence-corrected chi connectivity index (χ2v) is 5.87. The van der Waals surface area contributed by atoms with Crippen LogP contribution in [0.15, 0.2) is 12.4 Å². The summed E-state index contributed by atoms with van der Waals surface area (Å²) in [6.45, 7) is 10.3. The second-order valence-electron chi connectivity index (χ2n) is 5.87. The van der Waals surface area contributed by atoms with E-state index in [0.717, 1.165) is 12.4 Å². The summed E-state index contributed by atoms with van der Waals surface area (Å²) in [4.78, 5) is 16.0. The molecule has 5 heteroatoms. The molecule has 0 atom stereocenters. The number of rotatable bonds is 7. The molecule has 19 heavy (non-hydrogen) atoms. The van der Waals surface area contributed by atoms with Crippen LogP contribution in [-0.4, -0.2) is 29.2 Å². The van der Waals surface area contributed by atoms with Gasteiger partial charge in [0.2, 0.25) is 0 Å². The average molecular weight is 267 g/mol. The molecule has 0 fully saturated rings. The molecule has 1 rings (SSSR count). The Bertz CT molecular complexity index is 411. The third-order valence-electron chi connectivity index (χ3n) is 2.94. The van der Waals surface area contributed by atoms with Crippen molar-refractivity contribution in [3.63, 3.8) is 0 Å². The highest BCUT2D eigenvalue weighted by molar-refractivity contribution is 5.75. The molecule has 108 valence electrons. The van der Waals surface area contributed by atoms with Crippen molar-refractivity contribution >= 4 is 5.97 Å². The number of nitrogens with one attached hydrogen (secondary N) is 1. The monoisotopic (exact) mass is 267 g/mol. The van der Waals surface area contributed by atoms with Gasteiger partial charge < -0.3 is 14.6 Å². The zero-order valence-electron chi connectivity index (χ0n) is 12.6. The number of hydrogen-bond acceptors (Lipinski definition) is 4. The minimum Gasteiger partial charge on any atom is -0.469 e. The Morgan fingerprint density at radius 3 is 2.79 bits per heavy atom. The summed E-state index contributed by atoms with van der Waals surface area (Å²) < 4.78 is 6.83. The molecule has 0 saturated heterocycles. The lowest BCUT2D eigenvalue weighted by molar-refractivity contribution is -0.151. The first kappa shape index (κ1) is 15.7. The lowest BCUT2D eigenvalue weighted by Gasteiger charge is -2.23. The number of carbonyl (C=O) groups excluding carboxylic acids is 1. The van der Waals surface area contributed by atoms with Crippen molar-refractivity contribution in [1.29, 1.82) is 0 Å². The molecule has 0 aliphatic heterocycles. The van der Waals surface area contributed by atoms with Gasteiger partial charge >= 0.3 is 5.97 Å². The van der Waals surface area contributed by atoms with Gasteiger partial charge in [-0.15, -0.1) is 0 Å². The molecule has 0 amide bonds. The van der Waals surface area contributed by atoms with Gasteiger partial charge in [-0.3, -0.25) is 4.79 Å². The van der Waals surface area contributed by atoms with Gasteiger partial charge in [-0.1, -0.05) is 13.8 Å².